The van der Waals surface area contributed by atoms with Crippen LogP contribution in [0, 0.1) is 0 Å². The molecule has 0 atom stereocenters. The Morgan fingerprint density at radius 1 is 0.929 bits per heavy atom. The number of hydrogen-bond donors (Lipinski definition) is 2. The van der Waals surface area contributed by atoms with Gasteiger partial charge in [-0.05, 0) is 19.3 Å². The quantitative estimate of drug-likeness (QED) is 0.206. The van der Waals surface area contributed by atoms with E-state index in [0.717, 1.165) is 51.7 Å². The van der Waals surface area contributed by atoms with Gasteiger partial charge in [-0.15, -0.1) is 0 Å². The van der Waals surface area contributed by atoms with Crippen molar-refractivity contribution in [1.82, 2.24) is 4.90 Å². The van der Waals surface area contributed by atoms with E-state index in [4.69, 9.17) is 14.2 Å². The molecule has 5 N–H and O–H groups in total. The Kier molecular flexibility index (Phi) is 16.1. The maximum absolute atomic E-state index is 12.6. The SMILES string of the molecule is CCCCN(CCCC[NH2+]CCC[NH3+])C(=O)OC(COC(C)=O)COC(C)=O. The van der Waals surface area contributed by atoms with Crippen LogP contribution >= 0.6 is 0 Å². The van der Waals surface area contributed by atoms with Crippen LogP contribution in [0.1, 0.15) is 52.9 Å². The minimum atomic E-state index is -0.819. The van der Waals surface area contributed by atoms with Gasteiger partial charge in [-0.25, -0.2) is 4.79 Å². The van der Waals surface area contributed by atoms with Crippen molar-refractivity contribution in [3.8, 4) is 0 Å². The molecule has 164 valence electrons. The summed E-state index contributed by atoms with van der Waals surface area (Å²) in [6.07, 6.45) is 3.56. The van der Waals surface area contributed by atoms with E-state index in [-0.39, 0.29) is 13.2 Å². The molecule has 0 unspecified atom stereocenters. The van der Waals surface area contributed by atoms with Crippen molar-refractivity contribution in [2.24, 2.45) is 0 Å². The number of ether oxygens (including phenoxy) is 3. The molecule has 0 aromatic rings. The molecule has 0 aliphatic carbocycles. The molecule has 0 aromatic heterocycles. The van der Waals surface area contributed by atoms with Gasteiger partial charge in [0.2, 0.25) is 0 Å². The Bertz CT molecular complexity index is 429. The zero-order valence-corrected chi connectivity index (χ0v) is 17.7. The number of nitrogens with two attached hydrogens (primary N) is 1. The van der Waals surface area contributed by atoms with Crippen LogP contribution in [0.15, 0.2) is 0 Å². The summed E-state index contributed by atoms with van der Waals surface area (Å²) in [5, 5.41) is 2.27. The summed E-state index contributed by atoms with van der Waals surface area (Å²) in [5.41, 5.74) is 3.83. The van der Waals surface area contributed by atoms with Crippen LogP contribution in [-0.4, -0.2) is 75.0 Å². The molecule has 0 bridgehead atoms. The molecule has 0 radical (unpaired) electrons. The Morgan fingerprint density at radius 3 is 2.04 bits per heavy atom. The number of carbonyl (C=O) groups is 3. The maximum Gasteiger partial charge on any atom is 0.410 e. The summed E-state index contributed by atoms with van der Waals surface area (Å²) in [6, 6.07) is 0. The summed E-state index contributed by atoms with van der Waals surface area (Å²) in [4.78, 5) is 36.3. The number of nitrogens with zero attached hydrogens (tertiary/aromatic N) is 1. The predicted molar refractivity (Wildman–Crippen MR) is 103 cm³/mol. The summed E-state index contributed by atoms with van der Waals surface area (Å²) in [5.74, 6) is -0.969. The zero-order valence-electron chi connectivity index (χ0n) is 17.7. The van der Waals surface area contributed by atoms with Gasteiger partial charge in [0.05, 0.1) is 19.6 Å². The molecule has 0 saturated heterocycles. The highest BCUT2D eigenvalue weighted by Gasteiger charge is 2.22. The first kappa shape index (κ1) is 26.1. The summed E-state index contributed by atoms with van der Waals surface area (Å²) < 4.78 is 15.3. The van der Waals surface area contributed by atoms with Crippen molar-refractivity contribution in [3.63, 3.8) is 0 Å². The third kappa shape index (κ3) is 15.2. The lowest BCUT2D eigenvalue weighted by molar-refractivity contribution is -0.657. The van der Waals surface area contributed by atoms with Crippen molar-refractivity contribution < 1.29 is 39.6 Å². The van der Waals surface area contributed by atoms with Crippen LogP contribution in [0.4, 0.5) is 4.79 Å². The fourth-order valence-electron chi connectivity index (χ4n) is 2.42. The largest absolute Gasteiger partial charge is 0.462 e. The van der Waals surface area contributed by atoms with E-state index in [1.54, 1.807) is 4.90 Å². The predicted octanol–water partition coefficient (Wildman–Crippen LogP) is -0.304. The Morgan fingerprint density at radius 2 is 1.50 bits per heavy atom. The van der Waals surface area contributed by atoms with Crippen LogP contribution in [-0.2, 0) is 23.8 Å². The Balaban J connectivity index is 4.52. The van der Waals surface area contributed by atoms with E-state index in [2.05, 4.69) is 18.0 Å². The Hall–Kier alpha value is -1.87. The first-order valence-electron chi connectivity index (χ1n) is 10.2. The van der Waals surface area contributed by atoms with Gasteiger partial charge in [-0.3, -0.25) is 9.59 Å². The second kappa shape index (κ2) is 17.2. The maximum atomic E-state index is 12.6. The second-order valence-corrected chi connectivity index (χ2v) is 6.73. The number of esters is 2. The highest BCUT2D eigenvalue weighted by Crippen LogP contribution is 2.06. The smallest absolute Gasteiger partial charge is 0.410 e. The van der Waals surface area contributed by atoms with E-state index >= 15 is 0 Å². The molecule has 0 heterocycles. The molecule has 1 amide bonds. The highest BCUT2D eigenvalue weighted by atomic mass is 16.6. The van der Waals surface area contributed by atoms with E-state index in [1.807, 2.05) is 0 Å². The first-order chi connectivity index (χ1) is 13.4. The molecule has 9 heteroatoms. The summed E-state index contributed by atoms with van der Waals surface area (Å²) in [7, 11) is 0. The second-order valence-electron chi connectivity index (χ2n) is 6.73. The lowest BCUT2D eigenvalue weighted by atomic mass is 10.2. The fraction of sp³-hybridized carbons (Fsp3) is 0.842. The fourth-order valence-corrected chi connectivity index (χ4v) is 2.42. The van der Waals surface area contributed by atoms with Gasteiger partial charge in [-0.2, -0.15) is 0 Å². The average Bonchev–Trinajstić information content (AvgIpc) is 2.65. The van der Waals surface area contributed by atoms with E-state index in [1.165, 1.54) is 13.8 Å². The Labute approximate surface area is 168 Å². The summed E-state index contributed by atoms with van der Waals surface area (Å²) >= 11 is 0. The lowest BCUT2D eigenvalue weighted by Gasteiger charge is -2.25. The zero-order chi connectivity index (χ0) is 21.2. The van der Waals surface area contributed by atoms with Crippen LogP contribution < -0.4 is 11.1 Å². The molecular weight excluding hydrogens is 366 g/mol. The third-order valence-corrected chi connectivity index (χ3v) is 4.00. The molecule has 28 heavy (non-hydrogen) atoms. The standard InChI is InChI=1S/C19H37N3O6/c1-4-5-12-22(13-7-6-10-21-11-8-9-20)19(25)28-18(14-26-16(2)23)15-27-17(3)24/h18,21H,4-15,20H2,1-3H3/p+2. The molecular formula is C19H39N3O6+2. The number of quaternary nitrogens is 2. The number of amides is 1. The monoisotopic (exact) mass is 405 g/mol. The minimum absolute atomic E-state index is 0.142. The van der Waals surface area contributed by atoms with Crippen LogP contribution in [0.5, 0.6) is 0 Å². The molecule has 0 aromatic carbocycles. The van der Waals surface area contributed by atoms with Crippen LogP contribution in [0.3, 0.4) is 0 Å². The van der Waals surface area contributed by atoms with Crippen molar-refractivity contribution in [3.05, 3.63) is 0 Å². The molecule has 0 aliphatic rings. The molecule has 0 saturated carbocycles. The molecule has 9 nitrogen and oxygen atoms in total. The van der Waals surface area contributed by atoms with E-state index in [9.17, 15) is 14.4 Å². The number of rotatable bonds is 16. The average molecular weight is 406 g/mol. The van der Waals surface area contributed by atoms with Crippen molar-refractivity contribution in [2.45, 2.75) is 59.0 Å². The van der Waals surface area contributed by atoms with Crippen molar-refractivity contribution >= 4 is 18.0 Å². The minimum Gasteiger partial charge on any atom is -0.462 e. The third-order valence-electron chi connectivity index (χ3n) is 4.00. The van der Waals surface area contributed by atoms with Gasteiger partial charge >= 0.3 is 18.0 Å². The van der Waals surface area contributed by atoms with Gasteiger partial charge in [0.15, 0.2) is 6.10 Å². The highest BCUT2D eigenvalue weighted by molar-refractivity contribution is 5.68. The van der Waals surface area contributed by atoms with Gasteiger partial charge in [0.25, 0.3) is 0 Å². The van der Waals surface area contributed by atoms with E-state index < -0.39 is 24.1 Å². The molecule has 0 aliphatic heterocycles. The lowest BCUT2D eigenvalue weighted by Crippen LogP contribution is -2.84. The van der Waals surface area contributed by atoms with Gasteiger partial charge in [0, 0.05) is 33.4 Å². The van der Waals surface area contributed by atoms with Gasteiger partial charge < -0.3 is 30.2 Å². The molecule has 0 rings (SSSR count). The van der Waals surface area contributed by atoms with Crippen molar-refractivity contribution in [2.75, 3.05) is 45.9 Å². The van der Waals surface area contributed by atoms with Gasteiger partial charge in [-0.1, -0.05) is 13.3 Å². The van der Waals surface area contributed by atoms with E-state index in [0.29, 0.717) is 13.1 Å². The first-order valence-corrected chi connectivity index (χ1v) is 10.2. The van der Waals surface area contributed by atoms with Crippen LogP contribution in [0.25, 0.3) is 0 Å². The number of carbonyl (C=O) groups excluding carboxylic acids is 3. The normalized spacial score (nSPS) is 10.6. The number of unbranched alkanes of at least 4 members (excludes halogenated alkanes) is 2. The molecule has 0 spiro atoms. The van der Waals surface area contributed by atoms with Crippen LogP contribution in [0.2, 0.25) is 0 Å². The summed E-state index contributed by atoms with van der Waals surface area (Å²) in [6.45, 7) is 8.59. The topological polar surface area (TPSA) is 126 Å². The van der Waals surface area contributed by atoms with Crippen molar-refractivity contribution in [1.29, 1.82) is 0 Å². The molecule has 0 fully saturated rings. The van der Waals surface area contributed by atoms with Gasteiger partial charge in [0.1, 0.15) is 13.2 Å². The number of hydrogen-bond acceptors (Lipinski definition) is 6.